The second-order valence-electron chi connectivity index (χ2n) is 5.71. The molecule has 0 heterocycles. The minimum Gasteiger partial charge on any atom is -0.350 e. The molecule has 0 aliphatic carbocycles. The van der Waals surface area contributed by atoms with E-state index in [2.05, 4.69) is 53.6 Å². The zero-order chi connectivity index (χ0) is 21.2. The van der Waals surface area contributed by atoms with E-state index in [9.17, 15) is 9.59 Å². The lowest BCUT2D eigenvalue weighted by Gasteiger charge is -2.13. The molecule has 0 saturated heterocycles. The van der Waals surface area contributed by atoms with Gasteiger partial charge in [0.25, 0.3) is 0 Å². The number of amides is 4. The van der Waals surface area contributed by atoms with Gasteiger partial charge in [-0.1, -0.05) is 68.3 Å². The van der Waals surface area contributed by atoms with Crippen LogP contribution in [0.1, 0.15) is 17.5 Å². The SMILES string of the molecule is NC(=O)NN/C(=C\C/C=C(\NNC(N)=O)c1ccc(Br)cc1)c1ccc(Br)cc1. The maximum absolute atomic E-state index is 11.1. The Labute approximate surface area is 185 Å². The molecule has 2 aromatic rings. The van der Waals surface area contributed by atoms with Crippen molar-refractivity contribution in [2.75, 3.05) is 0 Å². The van der Waals surface area contributed by atoms with E-state index >= 15 is 0 Å². The van der Waals surface area contributed by atoms with E-state index in [0.29, 0.717) is 17.8 Å². The number of hydrogen-bond donors (Lipinski definition) is 6. The van der Waals surface area contributed by atoms with Crippen LogP contribution in [0.25, 0.3) is 11.4 Å². The molecule has 0 aliphatic rings. The molecule has 0 radical (unpaired) electrons. The van der Waals surface area contributed by atoms with Crippen LogP contribution in [0, 0.1) is 0 Å². The molecule has 2 aromatic carbocycles. The van der Waals surface area contributed by atoms with Gasteiger partial charge in [-0.15, -0.1) is 0 Å². The smallest absolute Gasteiger partial charge is 0.330 e. The maximum atomic E-state index is 11.1. The van der Waals surface area contributed by atoms with Crippen molar-refractivity contribution in [2.45, 2.75) is 6.42 Å². The first-order valence-corrected chi connectivity index (χ1v) is 9.99. The number of carbonyl (C=O) groups excluding carboxylic acids is 2. The molecule has 0 spiro atoms. The summed E-state index contributed by atoms with van der Waals surface area (Å²) in [7, 11) is 0. The number of nitrogens with two attached hydrogens (primary N) is 2. The molecule has 8 N–H and O–H groups in total. The van der Waals surface area contributed by atoms with Crippen LogP contribution in [0.15, 0.2) is 69.6 Å². The molecule has 2 rings (SSSR count). The van der Waals surface area contributed by atoms with Crippen LogP contribution in [-0.4, -0.2) is 12.1 Å². The van der Waals surface area contributed by atoms with E-state index in [-0.39, 0.29) is 0 Å². The Bertz CT molecular complexity index is 836. The van der Waals surface area contributed by atoms with E-state index in [4.69, 9.17) is 11.5 Å². The monoisotopic (exact) mass is 522 g/mol. The van der Waals surface area contributed by atoms with E-state index in [1.54, 1.807) is 0 Å². The summed E-state index contributed by atoms with van der Waals surface area (Å²) in [4.78, 5) is 22.1. The Morgan fingerprint density at radius 1 is 0.690 bits per heavy atom. The van der Waals surface area contributed by atoms with Gasteiger partial charge in [0.15, 0.2) is 0 Å². The first kappa shape index (κ1) is 22.3. The van der Waals surface area contributed by atoms with E-state index < -0.39 is 12.1 Å². The fraction of sp³-hybridized carbons (Fsp3) is 0.0526. The standard InChI is InChI=1S/C19H20Br2N6O2/c20-14-8-4-12(5-9-14)16(24-26-18(22)28)2-1-3-17(25-27-19(23)29)13-6-10-15(21)11-7-13/h2-11,24-25H,1H2,(H3,22,26,28)(H3,23,27,29)/b16-2-,17-3-. The molecular weight excluding hydrogens is 504 g/mol. The Hall–Kier alpha value is -2.98. The third-order valence-electron chi connectivity index (χ3n) is 3.60. The first-order valence-electron chi connectivity index (χ1n) is 8.40. The summed E-state index contributed by atoms with van der Waals surface area (Å²) in [6.07, 6.45) is 4.20. The molecule has 8 nitrogen and oxygen atoms in total. The molecule has 0 aliphatic heterocycles. The van der Waals surface area contributed by atoms with E-state index in [1.165, 1.54) is 0 Å². The first-order chi connectivity index (χ1) is 13.8. The van der Waals surface area contributed by atoms with Crippen LogP contribution in [-0.2, 0) is 0 Å². The summed E-state index contributed by atoms with van der Waals surface area (Å²) in [6, 6.07) is 13.7. The molecule has 0 atom stereocenters. The van der Waals surface area contributed by atoms with Gasteiger partial charge in [-0.05, 0) is 41.8 Å². The highest BCUT2D eigenvalue weighted by Gasteiger charge is 2.04. The van der Waals surface area contributed by atoms with Gasteiger partial charge in [0.2, 0.25) is 0 Å². The highest BCUT2D eigenvalue weighted by Crippen LogP contribution is 2.19. The predicted octanol–water partition coefficient (Wildman–Crippen LogP) is 3.33. The van der Waals surface area contributed by atoms with Crippen molar-refractivity contribution >= 4 is 55.3 Å². The van der Waals surface area contributed by atoms with Crippen molar-refractivity contribution < 1.29 is 9.59 Å². The minimum absolute atomic E-state index is 0.470. The maximum Gasteiger partial charge on any atom is 0.330 e. The molecule has 0 fully saturated rings. The molecule has 10 heteroatoms. The number of hydrazine groups is 2. The lowest BCUT2D eigenvalue weighted by molar-refractivity contribution is 0.246. The van der Waals surface area contributed by atoms with Crippen LogP contribution < -0.4 is 33.2 Å². The number of halogens is 2. The van der Waals surface area contributed by atoms with Crippen LogP contribution >= 0.6 is 31.9 Å². The number of primary amides is 2. The summed E-state index contributed by atoms with van der Waals surface area (Å²) < 4.78 is 1.87. The average molecular weight is 524 g/mol. The van der Waals surface area contributed by atoms with Crippen molar-refractivity contribution in [3.05, 3.63) is 80.8 Å². The van der Waals surface area contributed by atoms with Gasteiger partial charge < -0.3 is 11.5 Å². The second-order valence-corrected chi connectivity index (χ2v) is 7.54. The fourth-order valence-electron chi connectivity index (χ4n) is 2.29. The molecule has 0 unspecified atom stereocenters. The van der Waals surface area contributed by atoms with E-state index in [0.717, 1.165) is 20.1 Å². The van der Waals surface area contributed by atoms with Gasteiger partial charge in [-0.2, -0.15) is 0 Å². The van der Waals surface area contributed by atoms with E-state index in [1.807, 2.05) is 60.7 Å². The Balaban J connectivity index is 2.26. The van der Waals surface area contributed by atoms with Crippen LogP contribution in [0.5, 0.6) is 0 Å². The highest BCUT2D eigenvalue weighted by molar-refractivity contribution is 9.10. The molecule has 0 aromatic heterocycles. The topological polar surface area (TPSA) is 134 Å². The Kier molecular flexibility index (Phi) is 8.56. The van der Waals surface area contributed by atoms with Crippen molar-refractivity contribution in [1.82, 2.24) is 21.7 Å². The molecule has 152 valence electrons. The quantitative estimate of drug-likeness (QED) is 0.296. The van der Waals surface area contributed by atoms with Crippen LogP contribution in [0.3, 0.4) is 0 Å². The van der Waals surface area contributed by atoms with Crippen molar-refractivity contribution in [2.24, 2.45) is 11.5 Å². The largest absolute Gasteiger partial charge is 0.350 e. The molecule has 4 amide bonds. The highest BCUT2D eigenvalue weighted by atomic mass is 79.9. The number of carbonyl (C=O) groups is 2. The zero-order valence-corrected chi connectivity index (χ0v) is 18.4. The Morgan fingerprint density at radius 3 is 1.34 bits per heavy atom. The van der Waals surface area contributed by atoms with Crippen molar-refractivity contribution in [1.29, 1.82) is 0 Å². The lowest BCUT2D eigenvalue weighted by atomic mass is 10.1. The summed E-state index contributed by atoms with van der Waals surface area (Å²) in [5.41, 5.74) is 23.7. The normalized spacial score (nSPS) is 11.5. The van der Waals surface area contributed by atoms with Crippen LogP contribution in [0.2, 0.25) is 0 Å². The van der Waals surface area contributed by atoms with Gasteiger partial charge >= 0.3 is 12.1 Å². The summed E-state index contributed by atoms with van der Waals surface area (Å²) in [6.45, 7) is 0. The third kappa shape index (κ3) is 7.88. The molecule has 29 heavy (non-hydrogen) atoms. The number of benzene rings is 2. The second kappa shape index (κ2) is 11.1. The van der Waals surface area contributed by atoms with Gasteiger partial charge in [0.05, 0.1) is 11.4 Å². The van der Waals surface area contributed by atoms with Crippen LogP contribution in [0.4, 0.5) is 9.59 Å². The van der Waals surface area contributed by atoms with Gasteiger partial charge in [-0.3, -0.25) is 21.7 Å². The minimum atomic E-state index is -0.702. The summed E-state index contributed by atoms with van der Waals surface area (Å²) >= 11 is 6.79. The number of allylic oxidation sites excluding steroid dienone is 2. The Morgan fingerprint density at radius 2 is 1.03 bits per heavy atom. The molecular formula is C19H20Br2N6O2. The molecule has 0 saturated carbocycles. The zero-order valence-electron chi connectivity index (χ0n) is 15.2. The number of nitrogens with one attached hydrogen (secondary N) is 4. The predicted molar refractivity (Wildman–Crippen MR) is 121 cm³/mol. The summed E-state index contributed by atoms with van der Waals surface area (Å²) in [5.74, 6) is 0. The van der Waals surface area contributed by atoms with Crippen molar-refractivity contribution in [3.8, 4) is 0 Å². The van der Waals surface area contributed by atoms with Crippen molar-refractivity contribution in [3.63, 3.8) is 0 Å². The van der Waals surface area contributed by atoms with Gasteiger partial charge in [0.1, 0.15) is 0 Å². The lowest BCUT2D eigenvalue weighted by Crippen LogP contribution is -2.40. The molecule has 0 bridgehead atoms. The number of hydrogen-bond acceptors (Lipinski definition) is 4. The summed E-state index contributed by atoms with van der Waals surface area (Å²) in [5, 5.41) is 0. The number of urea groups is 2. The number of rotatable bonds is 8. The van der Waals surface area contributed by atoms with Gasteiger partial charge in [0, 0.05) is 8.95 Å². The average Bonchev–Trinajstić information content (AvgIpc) is 2.68. The van der Waals surface area contributed by atoms with Gasteiger partial charge in [-0.25, -0.2) is 9.59 Å². The fourth-order valence-corrected chi connectivity index (χ4v) is 2.82. The third-order valence-corrected chi connectivity index (χ3v) is 4.65.